The summed E-state index contributed by atoms with van der Waals surface area (Å²) in [5.41, 5.74) is 1.10. The molecule has 0 radical (unpaired) electrons. The van der Waals surface area contributed by atoms with Crippen molar-refractivity contribution in [3.05, 3.63) is 28.8 Å². The Hall–Kier alpha value is -1.37. The molecule has 1 aromatic rings. The molecular formula is C20H30ClN3O2S. The summed E-state index contributed by atoms with van der Waals surface area (Å²) in [6, 6.07) is 5.84. The van der Waals surface area contributed by atoms with Crippen LogP contribution in [-0.2, 0) is 4.74 Å². The molecule has 0 spiro atoms. The second kappa shape index (κ2) is 11.5. The van der Waals surface area contributed by atoms with E-state index in [0.29, 0.717) is 22.3 Å². The number of nitrogens with one attached hydrogen (secondary N) is 2. The van der Waals surface area contributed by atoms with Crippen LogP contribution in [0.3, 0.4) is 0 Å². The highest BCUT2D eigenvalue weighted by molar-refractivity contribution is 7.80. The first-order chi connectivity index (χ1) is 13.0. The number of piperidine rings is 1. The van der Waals surface area contributed by atoms with Gasteiger partial charge in [-0.3, -0.25) is 0 Å². The molecule has 2 N–H and O–H groups in total. The van der Waals surface area contributed by atoms with Gasteiger partial charge >= 0.3 is 5.97 Å². The number of esters is 1. The van der Waals surface area contributed by atoms with Crippen molar-refractivity contribution in [3.63, 3.8) is 0 Å². The number of hydrogen-bond donors (Lipinski definition) is 2. The highest BCUT2D eigenvalue weighted by Gasteiger charge is 2.19. The topological polar surface area (TPSA) is 53.6 Å². The van der Waals surface area contributed by atoms with E-state index in [0.717, 1.165) is 31.2 Å². The molecule has 0 amide bonds. The minimum atomic E-state index is -0.419. The molecule has 0 saturated carbocycles. The van der Waals surface area contributed by atoms with Crippen molar-refractivity contribution in [2.24, 2.45) is 0 Å². The summed E-state index contributed by atoms with van der Waals surface area (Å²) >= 11 is 11.5. The molecule has 0 bridgehead atoms. The van der Waals surface area contributed by atoms with E-state index in [1.165, 1.54) is 32.2 Å². The molecule has 0 aliphatic carbocycles. The maximum atomic E-state index is 11.8. The quantitative estimate of drug-likeness (QED) is 0.374. The molecule has 7 heteroatoms. The van der Waals surface area contributed by atoms with Crippen LogP contribution >= 0.6 is 23.8 Å². The Morgan fingerprint density at radius 1 is 1.37 bits per heavy atom. The predicted molar refractivity (Wildman–Crippen MR) is 116 cm³/mol. The fraction of sp³-hybridized carbons (Fsp3) is 0.600. The van der Waals surface area contributed by atoms with Gasteiger partial charge in [0.25, 0.3) is 0 Å². The predicted octanol–water partition coefficient (Wildman–Crippen LogP) is 4.46. The molecule has 1 saturated heterocycles. The minimum absolute atomic E-state index is 0.319. The molecular weight excluding hydrogens is 382 g/mol. The van der Waals surface area contributed by atoms with Crippen LogP contribution in [0, 0.1) is 0 Å². The van der Waals surface area contributed by atoms with E-state index in [-0.39, 0.29) is 0 Å². The summed E-state index contributed by atoms with van der Waals surface area (Å²) < 4.78 is 4.97. The van der Waals surface area contributed by atoms with E-state index < -0.39 is 5.97 Å². The maximum Gasteiger partial charge on any atom is 0.339 e. The zero-order valence-corrected chi connectivity index (χ0v) is 17.8. The number of nitrogens with zero attached hydrogens (tertiary/aromatic N) is 1. The molecule has 27 heavy (non-hydrogen) atoms. The Bertz CT molecular complexity index is 642. The molecule has 1 aromatic carbocycles. The standard InChI is InChI=1S/C20H30ClN3O2S/c1-3-16-8-5-6-12-24(16)13-7-11-22-20(27)23-15-9-10-17(18(21)14-15)19(25)26-4-2/h9-10,14,16H,3-8,11-13H2,1-2H3,(H2,22,23,27)/t16-/m1/s1. The molecule has 0 aromatic heterocycles. The Balaban J connectivity index is 1.74. The number of likely N-dealkylation sites (tertiary alicyclic amines) is 1. The van der Waals surface area contributed by atoms with Crippen molar-refractivity contribution in [2.45, 2.75) is 52.0 Å². The third-order valence-electron chi connectivity index (χ3n) is 4.85. The number of carbonyl (C=O) groups is 1. The highest BCUT2D eigenvalue weighted by Crippen LogP contribution is 2.22. The largest absolute Gasteiger partial charge is 0.462 e. The van der Waals surface area contributed by atoms with E-state index in [9.17, 15) is 4.79 Å². The Kier molecular flexibility index (Phi) is 9.31. The Morgan fingerprint density at radius 3 is 2.89 bits per heavy atom. The molecule has 5 nitrogen and oxygen atoms in total. The summed E-state index contributed by atoms with van der Waals surface area (Å²) in [6.07, 6.45) is 6.29. The van der Waals surface area contributed by atoms with Gasteiger partial charge in [0.05, 0.1) is 17.2 Å². The van der Waals surface area contributed by atoms with Gasteiger partial charge in [0.1, 0.15) is 0 Å². The van der Waals surface area contributed by atoms with Crippen molar-refractivity contribution in [2.75, 3.05) is 31.6 Å². The van der Waals surface area contributed by atoms with Crippen molar-refractivity contribution in [1.82, 2.24) is 10.2 Å². The first kappa shape index (κ1) is 21.9. The van der Waals surface area contributed by atoms with Gasteiger partial charge in [0.15, 0.2) is 5.11 Å². The summed E-state index contributed by atoms with van der Waals surface area (Å²) in [5, 5.41) is 7.25. The van der Waals surface area contributed by atoms with Gasteiger partial charge in [-0.15, -0.1) is 0 Å². The van der Waals surface area contributed by atoms with E-state index in [1.54, 1.807) is 25.1 Å². The number of hydrogen-bond acceptors (Lipinski definition) is 4. The van der Waals surface area contributed by atoms with Crippen molar-refractivity contribution >= 4 is 40.6 Å². The number of ether oxygens (including phenoxy) is 1. The first-order valence-electron chi connectivity index (χ1n) is 9.80. The van der Waals surface area contributed by atoms with Gasteiger partial charge < -0.3 is 20.3 Å². The number of benzene rings is 1. The third-order valence-corrected chi connectivity index (χ3v) is 5.41. The number of rotatable bonds is 8. The molecule has 1 fully saturated rings. The Labute approximate surface area is 172 Å². The monoisotopic (exact) mass is 411 g/mol. The highest BCUT2D eigenvalue weighted by atomic mass is 35.5. The molecule has 1 aliphatic heterocycles. The van der Waals surface area contributed by atoms with Crippen LogP contribution < -0.4 is 10.6 Å². The van der Waals surface area contributed by atoms with Crippen LogP contribution in [-0.4, -0.2) is 48.3 Å². The molecule has 1 atom stereocenters. The van der Waals surface area contributed by atoms with Crippen LogP contribution in [0.5, 0.6) is 0 Å². The van der Waals surface area contributed by atoms with Gasteiger partial charge in [-0.1, -0.05) is 24.9 Å². The number of thiocarbonyl (C=S) groups is 1. The molecule has 2 rings (SSSR count). The minimum Gasteiger partial charge on any atom is -0.462 e. The second-order valence-electron chi connectivity index (χ2n) is 6.74. The lowest BCUT2D eigenvalue weighted by atomic mass is 10.00. The van der Waals surface area contributed by atoms with E-state index in [1.807, 2.05) is 0 Å². The summed E-state index contributed by atoms with van der Waals surface area (Å²) in [4.78, 5) is 14.4. The van der Waals surface area contributed by atoms with E-state index in [4.69, 9.17) is 28.6 Å². The van der Waals surface area contributed by atoms with Crippen molar-refractivity contribution in [1.29, 1.82) is 0 Å². The molecule has 0 unspecified atom stereocenters. The van der Waals surface area contributed by atoms with Gasteiger partial charge in [-0.05, 0) is 69.6 Å². The number of anilines is 1. The zero-order valence-electron chi connectivity index (χ0n) is 16.2. The van der Waals surface area contributed by atoms with E-state index >= 15 is 0 Å². The average molecular weight is 412 g/mol. The molecule has 1 heterocycles. The van der Waals surface area contributed by atoms with Gasteiger partial charge in [-0.2, -0.15) is 0 Å². The molecule has 1 aliphatic rings. The Morgan fingerprint density at radius 2 is 2.19 bits per heavy atom. The van der Waals surface area contributed by atoms with Crippen molar-refractivity contribution < 1.29 is 9.53 Å². The van der Waals surface area contributed by atoms with Crippen LogP contribution in [0.4, 0.5) is 5.69 Å². The lowest BCUT2D eigenvalue weighted by Gasteiger charge is -2.35. The van der Waals surface area contributed by atoms with Crippen molar-refractivity contribution in [3.8, 4) is 0 Å². The van der Waals surface area contributed by atoms with Gasteiger partial charge in [0, 0.05) is 24.8 Å². The smallest absolute Gasteiger partial charge is 0.339 e. The first-order valence-corrected chi connectivity index (χ1v) is 10.6. The normalized spacial score (nSPS) is 17.4. The fourth-order valence-electron chi connectivity index (χ4n) is 3.44. The average Bonchev–Trinajstić information content (AvgIpc) is 2.65. The zero-order chi connectivity index (χ0) is 19.6. The van der Waals surface area contributed by atoms with Crippen LogP contribution in [0.15, 0.2) is 18.2 Å². The maximum absolute atomic E-state index is 11.8. The second-order valence-corrected chi connectivity index (χ2v) is 7.56. The SMILES string of the molecule is CCOC(=O)c1ccc(NC(=S)NCCCN2CCCC[C@H]2CC)cc1Cl. The van der Waals surface area contributed by atoms with Crippen LogP contribution in [0.2, 0.25) is 5.02 Å². The lowest BCUT2D eigenvalue weighted by Crippen LogP contribution is -2.40. The van der Waals surface area contributed by atoms with Gasteiger partial charge in [0.2, 0.25) is 0 Å². The molecule has 150 valence electrons. The number of halogens is 1. The summed E-state index contributed by atoms with van der Waals surface area (Å²) in [6.45, 7) is 7.51. The number of carbonyl (C=O) groups excluding carboxylic acids is 1. The summed E-state index contributed by atoms with van der Waals surface area (Å²) in [7, 11) is 0. The fourth-order valence-corrected chi connectivity index (χ4v) is 3.92. The van der Waals surface area contributed by atoms with Crippen LogP contribution in [0.1, 0.15) is 56.3 Å². The van der Waals surface area contributed by atoms with Crippen LogP contribution in [0.25, 0.3) is 0 Å². The summed E-state index contributed by atoms with van der Waals surface area (Å²) in [5.74, 6) is -0.419. The lowest BCUT2D eigenvalue weighted by molar-refractivity contribution is 0.0526. The third kappa shape index (κ3) is 6.94. The van der Waals surface area contributed by atoms with Gasteiger partial charge in [-0.25, -0.2) is 4.79 Å². The van der Waals surface area contributed by atoms with E-state index in [2.05, 4.69) is 22.5 Å².